The summed E-state index contributed by atoms with van der Waals surface area (Å²) < 4.78 is 9.44. The fourth-order valence-electron chi connectivity index (χ4n) is 5.26. The summed E-state index contributed by atoms with van der Waals surface area (Å²) in [6.45, 7) is 8.35. The SMILES string of the molecule is Cc1ncc(Cl)cc1C(=O)NC1CCC(Cn2c(=O)n(-c3ccc(OC(C)(C)C)nc3)c3ccccc32)CC1. The van der Waals surface area contributed by atoms with E-state index in [0.29, 0.717) is 40.3 Å². The zero-order chi connectivity index (χ0) is 27.7. The number of fused-ring (bicyclic) bond motifs is 1. The number of para-hydroxylation sites is 2. The van der Waals surface area contributed by atoms with Crippen molar-refractivity contribution < 1.29 is 9.53 Å². The molecule has 0 aliphatic heterocycles. The number of rotatable bonds is 6. The van der Waals surface area contributed by atoms with Crippen molar-refractivity contribution >= 4 is 28.5 Å². The van der Waals surface area contributed by atoms with Crippen LogP contribution >= 0.6 is 11.6 Å². The Morgan fingerprint density at radius 3 is 2.44 bits per heavy atom. The minimum Gasteiger partial charge on any atom is -0.472 e. The van der Waals surface area contributed by atoms with Crippen LogP contribution in [-0.4, -0.2) is 36.7 Å². The third kappa shape index (κ3) is 6.01. The lowest BCUT2D eigenvalue weighted by atomic mass is 9.85. The van der Waals surface area contributed by atoms with E-state index < -0.39 is 0 Å². The maximum Gasteiger partial charge on any atom is 0.333 e. The summed E-state index contributed by atoms with van der Waals surface area (Å²) >= 11 is 6.04. The Morgan fingerprint density at radius 1 is 1.05 bits per heavy atom. The molecule has 5 rings (SSSR count). The number of aryl methyl sites for hydroxylation is 1. The molecule has 0 unspecified atom stereocenters. The summed E-state index contributed by atoms with van der Waals surface area (Å²) in [4.78, 5) is 35.1. The smallest absolute Gasteiger partial charge is 0.333 e. The van der Waals surface area contributed by atoms with E-state index in [4.69, 9.17) is 16.3 Å². The predicted molar refractivity (Wildman–Crippen MR) is 153 cm³/mol. The quantitative estimate of drug-likeness (QED) is 0.334. The second-order valence-corrected chi connectivity index (χ2v) is 11.7. The molecule has 204 valence electrons. The molecule has 39 heavy (non-hydrogen) atoms. The number of carbonyl (C=O) groups excluding carboxylic acids is 1. The first kappa shape index (κ1) is 26.9. The lowest BCUT2D eigenvalue weighted by Gasteiger charge is -2.29. The first-order valence-electron chi connectivity index (χ1n) is 13.4. The number of nitrogens with one attached hydrogen (secondary N) is 1. The number of aromatic nitrogens is 4. The van der Waals surface area contributed by atoms with Gasteiger partial charge in [-0.05, 0) is 83.6 Å². The van der Waals surface area contributed by atoms with Crippen LogP contribution in [0.1, 0.15) is 62.5 Å². The molecular formula is C30H34ClN5O3. The lowest BCUT2D eigenvalue weighted by Crippen LogP contribution is -2.39. The highest BCUT2D eigenvalue weighted by Crippen LogP contribution is 2.28. The summed E-state index contributed by atoms with van der Waals surface area (Å²) in [5, 5.41) is 3.59. The Morgan fingerprint density at radius 2 is 1.77 bits per heavy atom. The lowest BCUT2D eigenvalue weighted by molar-refractivity contribution is 0.0919. The number of ether oxygens (including phenoxy) is 1. The molecule has 0 bridgehead atoms. The molecule has 0 atom stereocenters. The fraction of sp³-hybridized carbons (Fsp3) is 0.400. The van der Waals surface area contributed by atoms with E-state index in [2.05, 4.69) is 15.3 Å². The van der Waals surface area contributed by atoms with E-state index >= 15 is 0 Å². The highest BCUT2D eigenvalue weighted by atomic mass is 35.5. The van der Waals surface area contributed by atoms with Crippen molar-refractivity contribution in [2.24, 2.45) is 5.92 Å². The molecule has 4 aromatic rings. The van der Waals surface area contributed by atoms with Crippen molar-refractivity contribution in [3.8, 4) is 11.6 Å². The standard InChI is InChI=1S/C30H34ClN5O3/c1-19-24(15-21(31)16-32-19)28(37)34-22-11-9-20(10-12-22)18-35-25-7-5-6-8-26(25)36(29(35)38)23-13-14-27(33-17-23)39-30(2,3)4/h5-8,13-17,20,22H,9-12,18H2,1-4H3,(H,34,37). The highest BCUT2D eigenvalue weighted by Gasteiger charge is 2.26. The maximum atomic E-state index is 13.7. The summed E-state index contributed by atoms with van der Waals surface area (Å²) in [6.07, 6.45) is 6.79. The molecule has 1 aliphatic carbocycles. The minimum absolute atomic E-state index is 0.0816. The van der Waals surface area contributed by atoms with Crippen LogP contribution < -0.4 is 15.7 Å². The molecule has 0 spiro atoms. The van der Waals surface area contributed by atoms with Crippen molar-refractivity contribution in [1.29, 1.82) is 0 Å². The van der Waals surface area contributed by atoms with Crippen LogP contribution in [0.25, 0.3) is 16.7 Å². The van der Waals surface area contributed by atoms with Gasteiger partial charge in [-0.3, -0.25) is 18.9 Å². The van der Waals surface area contributed by atoms with Crippen molar-refractivity contribution in [1.82, 2.24) is 24.4 Å². The van der Waals surface area contributed by atoms with Gasteiger partial charge in [-0.1, -0.05) is 23.7 Å². The molecule has 9 heteroatoms. The number of halogens is 1. The fourth-order valence-corrected chi connectivity index (χ4v) is 5.42. The van der Waals surface area contributed by atoms with Gasteiger partial charge in [-0.2, -0.15) is 0 Å². The highest BCUT2D eigenvalue weighted by molar-refractivity contribution is 6.30. The molecule has 1 N–H and O–H groups in total. The third-order valence-corrected chi connectivity index (χ3v) is 7.35. The van der Waals surface area contributed by atoms with Crippen LogP contribution in [0.15, 0.2) is 59.7 Å². The molecule has 1 saturated carbocycles. The van der Waals surface area contributed by atoms with Gasteiger partial charge in [-0.25, -0.2) is 9.78 Å². The molecule has 8 nitrogen and oxygen atoms in total. The predicted octanol–water partition coefficient (Wildman–Crippen LogP) is 5.71. The molecule has 1 amide bonds. The number of carbonyl (C=O) groups is 1. The average Bonchev–Trinajstić information content (AvgIpc) is 3.17. The summed E-state index contributed by atoms with van der Waals surface area (Å²) in [7, 11) is 0. The summed E-state index contributed by atoms with van der Waals surface area (Å²) in [6, 6.07) is 13.3. The van der Waals surface area contributed by atoms with Crippen molar-refractivity contribution in [2.75, 3.05) is 0 Å². The average molecular weight is 548 g/mol. The van der Waals surface area contributed by atoms with Gasteiger partial charge in [0.15, 0.2) is 0 Å². The van der Waals surface area contributed by atoms with Gasteiger partial charge in [0, 0.05) is 24.8 Å². The molecule has 1 aliphatic rings. The van der Waals surface area contributed by atoms with Gasteiger partial charge in [0.2, 0.25) is 5.88 Å². The summed E-state index contributed by atoms with van der Waals surface area (Å²) in [5.41, 5.74) is 3.19. The van der Waals surface area contributed by atoms with Crippen LogP contribution in [0.3, 0.4) is 0 Å². The van der Waals surface area contributed by atoms with Crippen LogP contribution in [0.5, 0.6) is 5.88 Å². The maximum absolute atomic E-state index is 13.7. The molecule has 1 fully saturated rings. The van der Waals surface area contributed by atoms with E-state index in [-0.39, 0.29) is 23.2 Å². The van der Waals surface area contributed by atoms with Gasteiger partial charge in [0.25, 0.3) is 5.91 Å². The number of imidazole rings is 1. The van der Waals surface area contributed by atoms with E-state index in [1.807, 2.05) is 55.7 Å². The normalized spacial score (nSPS) is 17.8. The van der Waals surface area contributed by atoms with Crippen LogP contribution in [0.2, 0.25) is 5.02 Å². The Kier molecular flexibility index (Phi) is 7.49. The molecule has 0 radical (unpaired) electrons. The Bertz CT molecular complexity index is 1540. The van der Waals surface area contributed by atoms with Gasteiger partial charge in [0.1, 0.15) is 5.60 Å². The molecular weight excluding hydrogens is 514 g/mol. The van der Waals surface area contributed by atoms with E-state index in [9.17, 15) is 9.59 Å². The molecule has 3 aromatic heterocycles. The monoisotopic (exact) mass is 547 g/mol. The largest absolute Gasteiger partial charge is 0.472 e. The van der Waals surface area contributed by atoms with Gasteiger partial charge < -0.3 is 10.1 Å². The number of hydrogen-bond acceptors (Lipinski definition) is 5. The van der Waals surface area contributed by atoms with Crippen molar-refractivity contribution in [2.45, 2.75) is 71.6 Å². The van der Waals surface area contributed by atoms with Gasteiger partial charge in [0.05, 0.1) is 39.2 Å². The molecule has 0 saturated heterocycles. The minimum atomic E-state index is -0.353. The zero-order valence-electron chi connectivity index (χ0n) is 22.8. The zero-order valence-corrected chi connectivity index (χ0v) is 23.5. The number of hydrogen-bond donors (Lipinski definition) is 1. The number of pyridine rings is 2. The Balaban J connectivity index is 1.30. The third-order valence-electron chi connectivity index (χ3n) is 7.15. The Labute approximate surface area is 233 Å². The van der Waals surface area contributed by atoms with Crippen LogP contribution in [0.4, 0.5) is 0 Å². The van der Waals surface area contributed by atoms with E-state index in [0.717, 1.165) is 36.7 Å². The number of nitrogens with zero attached hydrogens (tertiary/aromatic N) is 4. The second kappa shape index (κ2) is 10.8. The molecule has 3 heterocycles. The van der Waals surface area contributed by atoms with Gasteiger partial charge in [-0.15, -0.1) is 0 Å². The van der Waals surface area contributed by atoms with Crippen LogP contribution in [0, 0.1) is 12.8 Å². The summed E-state index contributed by atoms with van der Waals surface area (Å²) in [5.74, 6) is 0.719. The second-order valence-electron chi connectivity index (χ2n) is 11.3. The Hall–Kier alpha value is -3.65. The molecule has 1 aromatic carbocycles. The number of benzene rings is 1. The topological polar surface area (TPSA) is 91.0 Å². The van der Waals surface area contributed by atoms with E-state index in [1.54, 1.807) is 36.0 Å². The first-order valence-corrected chi connectivity index (χ1v) is 13.8. The van der Waals surface area contributed by atoms with Crippen molar-refractivity contribution in [3.63, 3.8) is 0 Å². The first-order chi connectivity index (χ1) is 18.6. The van der Waals surface area contributed by atoms with Crippen LogP contribution in [-0.2, 0) is 6.54 Å². The van der Waals surface area contributed by atoms with Crippen molar-refractivity contribution in [3.05, 3.63) is 81.6 Å². The van der Waals surface area contributed by atoms with Gasteiger partial charge >= 0.3 is 5.69 Å². The number of amides is 1. The van der Waals surface area contributed by atoms with E-state index in [1.165, 1.54) is 0 Å².